The Bertz CT molecular complexity index is 1930. The normalized spacial score (nSPS) is 35.0. The van der Waals surface area contributed by atoms with Gasteiger partial charge in [0.05, 0.1) is 0 Å². The molecule has 1 heteroatoms. The Labute approximate surface area is 348 Å². The van der Waals surface area contributed by atoms with Gasteiger partial charge in [-0.25, -0.2) is 0 Å². The third-order valence-electron chi connectivity index (χ3n) is 17.5. The van der Waals surface area contributed by atoms with Crippen molar-refractivity contribution in [2.24, 2.45) is 63.1 Å². The van der Waals surface area contributed by atoms with Crippen LogP contribution in [0.25, 0.3) is 0 Å². The number of unbranched alkanes of at least 4 members (excludes halogenated alkanes) is 2. The first-order chi connectivity index (χ1) is 27.2. The van der Waals surface area contributed by atoms with Crippen molar-refractivity contribution in [1.29, 1.82) is 0 Å². The Morgan fingerprint density at radius 2 is 0.965 bits per heavy atom. The van der Waals surface area contributed by atoms with Crippen LogP contribution in [0.1, 0.15) is 113 Å². The first-order valence-electron chi connectivity index (χ1n) is 23.2. The zero-order valence-electron chi connectivity index (χ0n) is 36.7. The van der Waals surface area contributed by atoms with Crippen LogP contribution in [0, 0.1) is 63.1 Å². The highest BCUT2D eigenvalue weighted by Gasteiger charge is 2.66. The Morgan fingerprint density at radius 1 is 0.544 bits per heavy atom. The van der Waals surface area contributed by atoms with Gasteiger partial charge in [-0.1, -0.05) is 188 Å². The maximum absolute atomic E-state index is 4.07. The Kier molecular flexibility index (Phi) is 9.82. The summed E-state index contributed by atoms with van der Waals surface area (Å²) < 4.78 is 0. The largest absolute Gasteiger partial charge is 0.125 e. The SMILES string of the molecule is C=CCCCCC1CC([Si](c2ccccc2)(c2ccccc2)C2C3C=C4C(=CC3C3C=C5C(=CC32)C(C)(C)CCC5(C)C)C(C)(C)CCC4(C)C)C2C=CC=CC12. The minimum absolute atomic E-state index is 0.190. The van der Waals surface area contributed by atoms with Gasteiger partial charge in [0.15, 0.2) is 0 Å². The van der Waals surface area contributed by atoms with E-state index in [9.17, 15) is 0 Å². The van der Waals surface area contributed by atoms with E-state index in [1.54, 1.807) is 32.7 Å². The first-order valence-corrected chi connectivity index (χ1v) is 25.3. The zero-order chi connectivity index (χ0) is 40.0. The number of benzene rings is 2. The standard InChI is InChI=1S/C56H72Si/c1-10-11-12-15-22-38-33-51(42-28-21-20-27-41(38)42)57(39-23-16-13-17-24-39,40-25-18-14-19-26-40)52-45-36-49-47(53(2,3)29-31-55(49,6)7)34-43(45)44-35-48-50(37-46(44)52)56(8,9)32-30-54(48,4)5/h10,13-14,16-21,23-28,34-38,41-46,51-52H,1,11-12,15,22,29-33H2,2-9H3. The number of fused-ring (bicyclic) bond motifs is 6. The van der Waals surface area contributed by atoms with Crippen LogP contribution in [-0.4, -0.2) is 8.07 Å². The average molecular weight is 773 g/mol. The van der Waals surface area contributed by atoms with Crippen LogP contribution in [0.2, 0.25) is 11.1 Å². The van der Waals surface area contributed by atoms with Gasteiger partial charge in [0.1, 0.15) is 8.07 Å². The van der Waals surface area contributed by atoms with E-state index < -0.39 is 8.07 Å². The lowest BCUT2D eigenvalue weighted by molar-refractivity contribution is 0.244. The molecule has 0 heterocycles. The first kappa shape index (κ1) is 39.3. The molecular formula is C56H72Si. The van der Waals surface area contributed by atoms with Crippen molar-refractivity contribution in [2.75, 3.05) is 0 Å². The summed E-state index contributed by atoms with van der Waals surface area (Å²) in [7, 11) is -2.63. The molecule has 57 heavy (non-hydrogen) atoms. The molecule has 7 aliphatic rings. The molecule has 2 aromatic carbocycles. The van der Waals surface area contributed by atoms with Crippen LogP contribution in [0.5, 0.6) is 0 Å². The summed E-state index contributed by atoms with van der Waals surface area (Å²) in [5, 5.41) is 3.37. The van der Waals surface area contributed by atoms with Crippen molar-refractivity contribution in [2.45, 2.75) is 124 Å². The fraction of sp³-hybridized carbons (Fsp3) is 0.536. The lowest BCUT2D eigenvalue weighted by Gasteiger charge is -2.52. The van der Waals surface area contributed by atoms with E-state index in [2.05, 4.69) is 177 Å². The van der Waals surface area contributed by atoms with Crippen LogP contribution in [0.4, 0.5) is 0 Å². The molecule has 0 nitrogen and oxygen atoms in total. The number of rotatable bonds is 9. The summed E-state index contributed by atoms with van der Waals surface area (Å²) in [6, 6.07) is 24.6. The van der Waals surface area contributed by atoms with Gasteiger partial charge in [0.2, 0.25) is 0 Å². The average Bonchev–Trinajstić information content (AvgIpc) is 3.73. The van der Waals surface area contributed by atoms with Gasteiger partial charge in [0, 0.05) is 0 Å². The molecule has 7 aliphatic carbocycles. The van der Waals surface area contributed by atoms with Gasteiger partial charge < -0.3 is 0 Å². The maximum Gasteiger partial charge on any atom is 0.125 e. The topological polar surface area (TPSA) is 0 Å². The number of hydrogen-bond acceptors (Lipinski definition) is 0. The lowest BCUT2D eigenvalue weighted by atomic mass is 9.56. The molecule has 8 atom stereocenters. The van der Waals surface area contributed by atoms with E-state index in [-0.39, 0.29) is 21.7 Å². The van der Waals surface area contributed by atoms with Crippen LogP contribution in [0.15, 0.2) is 144 Å². The highest BCUT2D eigenvalue weighted by atomic mass is 28.3. The fourth-order valence-electron chi connectivity index (χ4n) is 14.3. The monoisotopic (exact) mass is 773 g/mol. The molecule has 300 valence electrons. The van der Waals surface area contributed by atoms with Crippen LogP contribution in [0.3, 0.4) is 0 Å². The number of allylic oxidation sites excluding steroid dienone is 13. The summed E-state index contributed by atoms with van der Waals surface area (Å²) in [5.74, 6) is 3.97. The fourth-order valence-corrected chi connectivity index (χ4v) is 21.7. The third kappa shape index (κ3) is 6.25. The molecule has 0 saturated heterocycles. The van der Waals surface area contributed by atoms with Gasteiger partial charge in [-0.05, 0) is 148 Å². The second-order valence-electron chi connectivity index (χ2n) is 22.4. The molecule has 0 aliphatic heterocycles. The molecular weight excluding hydrogens is 701 g/mol. The van der Waals surface area contributed by atoms with Gasteiger partial charge in [-0.2, -0.15) is 0 Å². The Morgan fingerprint density at radius 3 is 1.40 bits per heavy atom. The van der Waals surface area contributed by atoms with Gasteiger partial charge >= 0.3 is 0 Å². The molecule has 0 radical (unpaired) electrons. The van der Waals surface area contributed by atoms with Crippen molar-refractivity contribution in [3.05, 3.63) is 144 Å². The molecule has 0 N–H and O–H groups in total. The molecule has 2 aromatic rings. The molecule has 0 aromatic heterocycles. The Hall–Kier alpha value is -3.16. The number of hydrogen-bond donors (Lipinski definition) is 0. The van der Waals surface area contributed by atoms with E-state index >= 15 is 0 Å². The van der Waals surface area contributed by atoms with Crippen molar-refractivity contribution >= 4 is 18.4 Å². The molecule has 4 fully saturated rings. The van der Waals surface area contributed by atoms with Crippen LogP contribution >= 0.6 is 0 Å². The van der Waals surface area contributed by atoms with Gasteiger partial charge in [-0.15, -0.1) is 6.58 Å². The van der Waals surface area contributed by atoms with Crippen molar-refractivity contribution < 1.29 is 0 Å². The maximum atomic E-state index is 4.07. The molecule has 0 amide bonds. The summed E-state index contributed by atoms with van der Waals surface area (Å²) >= 11 is 0. The molecule has 0 spiro atoms. The van der Waals surface area contributed by atoms with Crippen molar-refractivity contribution in [3.63, 3.8) is 0 Å². The highest BCUT2D eigenvalue weighted by molar-refractivity contribution is 7.04. The van der Waals surface area contributed by atoms with Gasteiger partial charge in [-0.3, -0.25) is 0 Å². The van der Waals surface area contributed by atoms with E-state index in [4.69, 9.17) is 0 Å². The predicted molar refractivity (Wildman–Crippen MR) is 247 cm³/mol. The quantitative estimate of drug-likeness (QED) is 0.135. The minimum atomic E-state index is -2.63. The van der Waals surface area contributed by atoms with Crippen LogP contribution < -0.4 is 10.4 Å². The van der Waals surface area contributed by atoms with Gasteiger partial charge in [0.25, 0.3) is 0 Å². The highest BCUT2D eigenvalue weighted by Crippen LogP contribution is 2.69. The van der Waals surface area contributed by atoms with E-state index in [0.29, 0.717) is 46.6 Å². The summed E-state index contributed by atoms with van der Waals surface area (Å²) in [6.45, 7) is 24.6. The molecule has 0 bridgehead atoms. The molecule has 8 unspecified atom stereocenters. The smallest absolute Gasteiger partial charge is 0.103 e. The zero-order valence-corrected chi connectivity index (χ0v) is 37.7. The lowest BCUT2D eigenvalue weighted by Crippen LogP contribution is -2.67. The second-order valence-corrected chi connectivity index (χ2v) is 26.7. The summed E-state index contributed by atoms with van der Waals surface area (Å²) in [5.41, 5.74) is 8.72. The van der Waals surface area contributed by atoms with E-state index in [0.717, 1.165) is 12.3 Å². The second kappa shape index (κ2) is 14.2. The minimum Gasteiger partial charge on any atom is -0.103 e. The summed E-state index contributed by atoms with van der Waals surface area (Å²) in [6.07, 6.45) is 35.6. The predicted octanol–water partition coefficient (Wildman–Crippen LogP) is 14.0. The van der Waals surface area contributed by atoms with Crippen molar-refractivity contribution in [1.82, 2.24) is 0 Å². The van der Waals surface area contributed by atoms with E-state index in [1.807, 2.05) is 0 Å². The Balaban J connectivity index is 1.33. The molecule has 9 rings (SSSR count). The summed E-state index contributed by atoms with van der Waals surface area (Å²) in [4.78, 5) is 0. The van der Waals surface area contributed by atoms with Crippen molar-refractivity contribution in [3.8, 4) is 0 Å². The van der Waals surface area contributed by atoms with E-state index in [1.165, 1.54) is 51.4 Å². The third-order valence-corrected chi connectivity index (χ3v) is 23.7. The molecule has 4 saturated carbocycles. The van der Waals surface area contributed by atoms with Crippen LogP contribution in [-0.2, 0) is 0 Å².